The van der Waals surface area contributed by atoms with Gasteiger partial charge in [-0.25, -0.2) is 4.39 Å². The van der Waals surface area contributed by atoms with Crippen LogP contribution in [0, 0.1) is 38.4 Å². The van der Waals surface area contributed by atoms with Crippen LogP contribution < -0.4 is 5.32 Å². The summed E-state index contributed by atoms with van der Waals surface area (Å²) < 4.78 is 14.9. The molecule has 1 amide bonds. The Balaban J connectivity index is 2.10. The third-order valence-corrected chi connectivity index (χ3v) is 4.97. The second-order valence-corrected chi connectivity index (χ2v) is 6.71. The molecule has 1 aromatic heterocycles. The van der Waals surface area contributed by atoms with Crippen LogP contribution in [0.15, 0.2) is 12.1 Å². The molecule has 1 aliphatic rings. The van der Waals surface area contributed by atoms with Crippen LogP contribution in [0.4, 0.5) is 4.39 Å². The van der Waals surface area contributed by atoms with E-state index < -0.39 is 0 Å². The Kier molecular flexibility index (Phi) is 4.67. The number of aromatic nitrogens is 1. The number of carbonyl (C=O) groups is 1. The van der Waals surface area contributed by atoms with Crippen molar-refractivity contribution in [1.82, 2.24) is 10.3 Å². The number of H-pyrrole nitrogens is 1. The van der Waals surface area contributed by atoms with Gasteiger partial charge in [-0.2, -0.15) is 0 Å². The van der Waals surface area contributed by atoms with E-state index in [4.69, 9.17) is 0 Å². The minimum Gasteiger partial charge on any atom is -0.358 e. The van der Waals surface area contributed by atoms with Gasteiger partial charge in [-0.15, -0.1) is 0 Å². The summed E-state index contributed by atoms with van der Waals surface area (Å²) in [5, 5.41) is 3.86. The molecule has 130 valence electrons. The zero-order valence-corrected chi connectivity index (χ0v) is 15.1. The van der Waals surface area contributed by atoms with E-state index >= 15 is 0 Å². The zero-order chi connectivity index (χ0) is 18.1. The van der Waals surface area contributed by atoms with Crippen molar-refractivity contribution in [2.45, 2.75) is 53.0 Å². The Labute approximate surface area is 147 Å². The van der Waals surface area contributed by atoms with E-state index in [0.717, 1.165) is 52.6 Å². The van der Waals surface area contributed by atoms with Gasteiger partial charge in [-0.1, -0.05) is 12.0 Å². The Bertz CT molecular complexity index is 940. The number of aryl methyl sites for hydroxylation is 3. The minimum atomic E-state index is -0.284. The van der Waals surface area contributed by atoms with Gasteiger partial charge in [0.25, 0.3) is 5.91 Å². The molecular weight excluding hydrogens is 315 g/mol. The van der Waals surface area contributed by atoms with E-state index in [1.807, 2.05) is 26.8 Å². The van der Waals surface area contributed by atoms with Gasteiger partial charge in [-0.3, -0.25) is 4.79 Å². The van der Waals surface area contributed by atoms with Gasteiger partial charge >= 0.3 is 0 Å². The number of hydrogen-bond donors (Lipinski definition) is 2. The van der Waals surface area contributed by atoms with Gasteiger partial charge < -0.3 is 10.3 Å². The van der Waals surface area contributed by atoms with Gasteiger partial charge in [0.2, 0.25) is 0 Å². The normalized spacial score (nSPS) is 17.0. The lowest BCUT2D eigenvalue weighted by Crippen LogP contribution is -2.33. The molecule has 0 unspecified atom stereocenters. The molecule has 0 spiro atoms. The molecule has 0 radical (unpaired) electrons. The number of halogens is 1. The number of nitrogens with one attached hydrogen (secondary N) is 2. The Morgan fingerprint density at radius 2 is 2.12 bits per heavy atom. The first-order valence-corrected chi connectivity index (χ1v) is 8.64. The molecule has 1 aromatic carbocycles. The van der Waals surface area contributed by atoms with Crippen molar-refractivity contribution >= 4 is 22.4 Å². The average Bonchev–Trinajstić information content (AvgIpc) is 2.85. The second kappa shape index (κ2) is 6.76. The zero-order valence-electron chi connectivity index (χ0n) is 15.1. The summed E-state index contributed by atoms with van der Waals surface area (Å²) in [6, 6.07) is 1.49. The highest BCUT2D eigenvalue weighted by Crippen LogP contribution is 2.37. The fourth-order valence-corrected chi connectivity index (χ4v) is 3.66. The highest BCUT2D eigenvalue weighted by atomic mass is 19.1. The average molecular weight is 338 g/mol. The molecule has 0 aliphatic heterocycles. The predicted octanol–water partition coefficient (Wildman–Crippen LogP) is 4.31. The smallest absolute Gasteiger partial charge is 0.296 e. The Morgan fingerprint density at radius 1 is 1.36 bits per heavy atom. The first kappa shape index (κ1) is 17.3. The molecule has 0 saturated carbocycles. The predicted molar refractivity (Wildman–Crippen MR) is 99.7 cm³/mol. The summed E-state index contributed by atoms with van der Waals surface area (Å²) in [5.74, 6) is 4.62. The van der Waals surface area contributed by atoms with Gasteiger partial charge in [0.15, 0.2) is 0 Å². The Morgan fingerprint density at radius 3 is 2.84 bits per heavy atom. The van der Waals surface area contributed by atoms with Gasteiger partial charge in [0, 0.05) is 28.2 Å². The summed E-state index contributed by atoms with van der Waals surface area (Å²) in [4.78, 5) is 15.1. The Hall–Kier alpha value is -2.54. The number of hydrogen-bond acceptors (Lipinski definition) is 1. The minimum absolute atomic E-state index is 0.104. The second-order valence-electron chi connectivity index (χ2n) is 6.71. The largest absolute Gasteiger partial charge is 0.358 e. The van der Waals surface area contributed by atoms with Gasteiger partial charge in [0.1, 0.15) is 5.82 Å². The molecule has 3 nitrogen and oxygen atoms in total. The van der Waals surface area contributed by atoms with Gasteiger partial charge in [0.05, 0.1) is 0 Å². The standard InChI is InChI=1S/C21H23FN2O/c1-5-7-18(25)24-16-9-6-8-15(11-16)20-17(22)10-12(2)21-19(20)13(3)14(4)23-21/h10-11,16,23H,6,8-9H2,1-4H3,(H,24,25)/t16-/m0/s1. The molecule has 25 heavy (non-hydrogen) atoms. The van der Waals surface area contributed by atoms with E-state index in [1.54, 1.807) is 13.0 Å². The van der Waals surface area contributed by atoms with Crippen molar-refractivity contribution in [3.8, 4) is 11.8 Å². The van der Waals surface area contributed by atoms with Crippen molar-refractivity contribution in [1.29, 1.82) is 0 Å². The van der Waals surface area contributed by atoms with Crippen LogP contribution in [0.2, 0.25) is 0 Å². The first-order chi connectivity index (χ1) is 11.9. The highest BCUT2D eigenvalue weighted by Gasteiger charge is 2.22. The van der Waals surface area contributed by atoms with Crippen LogP contribution in [0.3, 0.4) is 0 Å². The molecule has 1 atom stereocenters. The molecular formula is C21H23FN2O. The molecule has 1 heterocycles. The topological polar surface area (TPSA) is 44.9 Å². The van der Waals surface area contributed by atoms with Crippen LogP contribution >= 0.6 is 0 Å². The van der Waals surface area contributed by atoms with Crippen LogP contribution in [0.5, 0.6) is 0 Å². The third-order valence-electron chi connectivity index (χ3n) is 4.97. The molecule has 2 aromatic rings. The van der Waals surface area contributed by atoms with Crippen molar-refractivity contribution < 1.29 is 9.18 Å². The first-order valence-electron chi connectivity index (χ1n) is 8.64. The molecule has 3 rings (SSSR count). The number of carbonyl (C=O) groups excluding carboxylic acids is 1. The summed E-state index contributed by atoms with van der Waals surface area (Å²) in [7, 11) is 0. The number of rotatable bonds is 2. The molecule has 0 saturated heterocycles. The number of allylic oxidation sites excluding steroid dienone is 1. The SMILES string of the molecule is CC#CC(=O)N[C@@H]1C=C(c2c(F)cc(C)c3[nH]c(C)c(C)c23)CCC1. The summed E-state index contributed by atoms with van der Waals surface area (Å²) in [5.41, 5.74) is 5.68. The number of amides is 1. The van der Waals surface area contributed by atoms with Crippen LogP contribution in [-0.2, 0) is 4.79 Å². The molecule has 0 fully saturated rings. The molecule has 1 aliphatic carbocycles. The lowest BCUT2D eigenvalue weighted by Gasteiger charge is -2.23. The number of fused-ring (bicyclic) bond motifs is 1. The summed E-state index contributed by atoms with van der Waals surface area (Å²) in [6.07, 6.45) is 4.56. The number of aromatic amines is 1. The van der Waals surface area contributed by atoms with Crippen molar-refractivity contribution in [2.24, 2.45) is 0 Å². The summed E-state index contributed by atoms with van der Waals surface area (Å²) in [6.45, 7) is 7.59. The van der Waals surface area contributed by atoms with E-state index in [-0.39, 0.29) is 17.8 Å². The van der Waals surface area contributed by atoms with E-state index in [0.29, 0.717) is 5.56 Å². The number of benzene rings is 1. The highest BCUT2D eigenvalue weighted by molar-refractivity contribution is 5.98. The fourth-order valence-electron chi connectivity index (χ4n) is 3.66. The van der Waals surface area contributed by atoms with Crippen molar-refractivity contribution in [3.05, 3.63) is 40.3 Å². The van der Waals surface area contributed by atoms with E-state index in [2.05, 4.69) is 22.1 Å². The molecule has 4 heteroatoms. The lowest BCUT2D eigenvalue weighted by atomic mass is 9.87. The maximum absolute atomic E-state index is 14.9. The third kappa shape index (κ3) is 3.19. The maximum Gasteiger partial charge on any atom is 0.296 e. The van der Waals surface area contributed by atoms with Gasteiger partial charge in [-0.05, 0) is 75.6 Å². The fraction of sp³-hybridized carbons (Fsp3) is 0.381. The molecule has 2 N–H and O–H groups in total. The van der Waals surface area contributed by atoms with Crippen LogP contribution in [0.1, 0.15) is 48.6 Å². The van der Waals surface area contributed by atoms with E-state index in [9.17, 15) is 9.18 Å². The monoisotopic (exact) mass is 338 g/mol. The molecule has 0 bridgehead atoms. The van der Waals surface area contributed by atoms with Crippen LogP contribution in [-0.4, -0.2) is 16.9 Å². The van der Waals surface area contributed by atoms with E-state index in [1.165, 1.54) is 0 Å². The quantitative estimate of drug-likeness (QED) is 0.788. The maximum atomic E-state index is 14.9. The van der Waals surface area contributed by atoms with Crippen molar-refractivity contribution in [3.63, 3.8) is 0 Å². The van der Waals surface area contributed by atoms with Crippen molar-refractivity contribution in [2.75, 3.05) is 0 Å². The van der Waals surface area contributed by atoms with Crippen LogP contribution in [0.25, 0.3) is 16.5 Å². The lowest BCUT2D eigenvalue weighted by molar-refractivity contribution is -0.116. The summed E-state index contributed by atoms with van der Waals surface area (Å²) >= 11 is 0.